The molecule has 11 heteroatoms. The van der Waals surface area contributed by atoms with Crippen molar-refractivity contribution >= 4 is 34.5 Å². The first kappa shape index (κ1) is 25.2. The molecule has 196 valence electrons. The summed E-state index contributed by atoms with van der Waals surface area (Å²) in [4.78, 5) is 20.2. The molecule has 0 radical (unpaired) electrons. The molecule has 1 saturated heterocycles. The van der Waals surface area contributed by atoms with E-state index in [1.165, 1.54) is 13.1 Å². The molecule has 5 rings (SSSR count). The van der Waals surface area contributed by atoms with E-state index in [2.05, 4.69) is 47.1 Å². The number of anilines is 3. The molecule has 1 fully saturated rings. The average molecular weight is 515 g/mol. The van der Waals surface area contributed by atoms with E-state index in [0.29, 0.717) is 52.3 Å². The standard InChI is InChI=1S/C27H30N8O3/c1-16(36)30-23-12-18(8-10-29-23)38-21-7-6-20-25(19(21)14-28)34(5)26(31-20)32-24-13-22(27(2,3)4)35(33-24)17-9-11-37-15-17/h6-8,10,12-13,17H,9,11,15H2,1-5H3,(H,29,30,36)(H,31,32,33)/t17-/m1/s1. The lowest BCUT2D eigenvalue weighted by molar-refractivity contribution is -0.114. The Morgan fingerprint density at radius 3 is 2.74 bits per heavy atom. The number of aromatic nitrogens is 5. The van der Waals surface area contributed by atoms with Gasteiger partial charge in [0.05, 0.1) is 23.7 Å². The van der Waals surface area contributed by atoms with Crippen LogP contribution in [0.5, 0.6) is 11.5 Å². The van der Waals surface area contributed by atoms with Gasteiger partial charge in [0.15, 0.2) is 5.82 Å². The molecule has 4 heterocycles. The van der Waals surface area contributed by atoms with Crippen LogP contribution < -0.4 is 15.4 Å². The maximum absolute atomic E-state index is 11.4. The number of imidazole rings is 1. The number of nitrogens with one attached hydrogen (secondary N) is 2. The van der Waals surface area contributed by atoms with Crippen LogP contribution in [0, 0.1) is 11.3 Å². The lowest BCUT2D eigenvalue weighted by Gasteiger charge is -2.22. The summed E-state index contributed by atoms with van der Waals surface area (Å²) in [7, 11) is 1.84. The average Bonchev–Trinajstić information content (AvgIpc) is 3.59. The molecular weight excluding hydrogens is 484 g/mol. The number of carbonyl (C=O) groups is 1. The van der Waals surface area contributed by atoms with Gasteiger partial charge in [-0.05, 0) is 24.6 Å². The molecular formula is C27H30N8O3. The second-order valence-corrected chi connectivity index (χ2v) is 10.3. The second-order valence-electron chi connectivity index (χ2n) is 10.3. The first-order valence-corrected chi connectivity index (χ1v) is 12.4. The van der Waals surface area contributed by atoms with Crippen molar-refractivity contribution in [2.45, 2.75) is 45.6 Å². The van der Waals surface area contributed by atoms with E-state index in [1.54, 1.807) is 18.2 Å². The van der Waals surface area contributed by atoms with Crippen LogP contribution >= 0.6 is 0 Å². The molecule has 0 saturated carbocycles. The zero-order valence-electron chi connectivity index (χ0n) is 22.1. The number of nitrogens with zero attached hydrogens (tertiary/aromatic N) is 6. The Labute approximate surface area is 220 Å². The number of carbonyl (C=O) groups excluding carboxylic acids is 1. The highest BCUT2D eigenvalue weighted by Crippen LogP contribution is 2.35. The lowest BCUT2D eigenvalue weighted by Crippen LogP contribution is -2.22. The first-order valence-electron chi connectivity index (χ1n) is 12.4. The van der Waals surface area contributed by atoms with Crippen molar-refractivity contribution in [2.75, 3.05) is 23.8 Å². The zero-order valence-corrected chi connectivity index (χ0v) is 22.1. The number of nitriles is 1. The van der Waals surface area contributed by atoms with Gasteiger partial charge in [0.1, 0.15) is 28.9 Å². The first-order chi connectivity index (χ1) is 18.1. The highest BCUT2D eigenvalue weighted by Gasteiger charge is 2.28. The number of benzene rings is 1. The SMILES string of the molecule is CC(=O)Nc1cc(Oc2ccc3nc(Nc4cc(C(C)(C)C)n([C@@H]5CCOC5)n4)n(C)c3c2C#N)ccn1. The Balaban J connectivity index is 1.48. The smallest absolute Gasteiger partial charge is 0.222 e. The van der Waals surface area contributed by atoms with E-state index < -0.39 is 0 Å². The zero-order chi connectivity index (χ0) is 27.0. The Kier molecular flexibility index (Phi) is 6.50. The molecule has 2 N–H and O–H groups in total. The van der Waals surface area contributed by atoms with Gasteiger partial charge in [0, 0.05) is 50.0 Å². The second kappa shape index (κ2) is 9.79. The van der Waals surface area contributed by atoms with Gasteiger partial charge in [0.25, 0.3) is 0 Å². The summed E-state index contributed by atoms with van der Waals surface area (Å²) in [6, 6.07) is 11.3. The summed E-state index contributed by atoms with van der Waals surface area (Å²) in [5.41, 5.74) is 2.62. The Morgan fingerprint density at radius 2 is 2.05 bits per heavy atom. The van der Waals surface area contributed by atoms with E-state index >= 15 is 0 Å². The van der Waals surface area contributed by atoms with Gasteiger partial charge in [-0.3, -0.25) is 9.48 Å². The third-order valence-corrected chi connectivity index (χ3v) is 6.37. The molecule has 1 aliphatic heterocycles. The summed E-state index contributed by atoms with van der Waals surface area (Å²) in [6.07, 6.45) is 2.45. The van der Waals surface area contributed by atoms with E-state index in [1.807, 2.05) is 23.7 Å². The molecule has 0 spiro atoms. The van der Waals surface area contributed by atoms with Gasteiger partial charge < -0.3 is 24.7 Å². The maximum Gasteiger partial charge on any atom is 0.222 e. The normalized spacial score (nSPS) is 15.4. The van der Waals surface area contributed by atoms with Crippen molar-refractivity contribution in [1.82, 2.24) is 24.3 Å². The molecule has 0 unspecified atom stereocenters. The molecule has 11 nitrogen and oxygen atoms in total. The quantitative estimate of drug-likeness (QED) is 0.375. The number of pyridine rings is 1. The molecule has 4 aromatic rings. The Morgan fingerprint density at radius 1 is 1.24 bits per heavy atom. The predicted molar refractivity (Wildman–Crippen MR) is 143 cm³/mol. The topological polar surface area (TPSA) is 132 Å². The summed E-state index contributed by atoms with van der Waals surface area (Å²) >= 11 is 0. The number of hydrogen-bond donors (Lipinski definition) is 2. The minimum Gasteiger partial charge on any atom is -0.456 e. The summed E-state index contributed by atoms with van der Waals surface area (Å²) in [6.45, 7) is 9.28. The molecule has 0 bridgehead atoms. The predicted octanol–water partition coefficient (Wildman–Crippen LogP) is 4.79. The number of ether oxygens (including phenoxy) is 2. The fraction of sp³-hybridized carbons (Fsp3) is 0.370. The number of amides is 1. The van der Waals surface area contributed by atoms with E-state index in [-0.39, 0.29) is 17.4 Å². The number of hydrogen-bond acceptors (Lipinski definition) is 8. The lowest BCUT2D eigenvalue weighted by atomic mass is 9.91. The van der Waals surface area contributed by atoms with Crippen molar-refractivity contribution in [3.05, 3.63) is 47.8 Å². The van der Waals surface area contributed by atoms with Gasteiger partial charge in [-0.15, -0.1) is 0 Å². The van der Waals surface area contributed by atoms with Crippen molar-refractivity contribution in [3.63, 3.8) is 0 Å². The van der Waals surface area contributed by atoms with Crippen LogP contribution in [-0.2, 0) is 22.0 Å². The molecule has 1 amide bonds. The minimum atomic E-state index is -0.236. The summed E-state index contributed by atoms with van der Waals surface area (Å²) < 4.78 is 15.5. The van der Waals surface area contributed by atoms with Crippen molar-refractivity contribution in [3.8, 4) is 17.6 Å². The van der Waals surface area contributed by atoms with Gasteiger partial charge in [-0.1, -0.05) is 20.8 Å². The van der Waals surface area contributed by atoms with Crippen LogP contribution in [0.15, 0.2) is 36.5 Å². The van der Waals surface area contributed by atoms with Crippen molar-refractivity contribution in [2.24, 2.45) is 7.05 Å². The Hall–Kier alpha value is -4.43. The third kappa shape index (κ3) is 4.90. The van der Waals surface area contributed by atoms with Crippen molar-refractivity contribution in [1.29, 1.82) is 5.26 Å². The molecule has 38 heavy (non-hydrogen) atoms. The van der Waals surface area contributed by atoms with Crippen LogP contribution in [-0.4, -0.2) is 43.4 Å². The van der Waals surface area contributed by atoms with Crippen LogP contribution in [0.25, 0.3) is 11.0 Å². The fourth-order valence-electron chi connectivity index (χ4n) is 4.57. The van der Waals surface area contributed by atoms with E-state index in [4.69, 9.17) is 19.6 Å². The summed E-state index contributed by atoms with van der Waals surface area (Å²) in [5.74, 6) is 2.17. The molecule has 1 atom stereocenters. The Bertz CT molecular complexity index is 1550. The highest BCUT2D eigenvalue weighted by atomic mass is 16.5. The van der Waals surface area contributed by atoms with E-state index in [9.17, 15) is 10.1 Å². The molecule has 0 aliphatic carbocycles. The number of aryl methyl sites for hydroxylation is 1. The largest absolute Gasteiger partial charge is 0.456 e. The van der Waals surface area contributed by atoms with E-state index in [0.717, 1.165) is 18.7 Å². The fourth-order valence-corrected chi connectivity index (χ4v) is 4.57. The maximum atomic E-state index is 11.4. The molecule has 3 aromatic heterocycles. The molecule has 1 aliphatic rings. The van der Waals surface area contributed by atoms with Gasteiger partial charge in [-0.25, -0.2) is 9.97 Å². The van der Waals surface area contributed by atoms with Crippen LogP contribution in [0.3, 0.4) is 0 Å². The number of rotatable bonds is 6. The van der Waals surface area contributed by atoms with Crippen LogP contribution in [0.4, 0.5) is 17.6 Å². The molecule has 1 aromatic carbocycles. The monoisotopic (exact) mass is 514 g/mol. The van der Waals surface area contributed by atoms with Crippen molar-refractivity contribution < 1.29 is 14.3 Å². The van der Waals surface area contributed by atoms with Gasteiger partial charge >= 0.3 is 0 Å². The van der Waals surface area contributed by atoms with Gasteiger partial charge in [-0.2, -0.15) is 10.4 Å². The summed E-state index contributed by atoms with van der Waals surface area (Å²) in [5, 5.41) is 20.9. The number of fused-ring (bicyclic) bond motifs is 1. The van der Waals surface area contributed by atoms with Crippen LogP contribution in [0.1, 0.15) is 51.4 Å². The van der Waals surface area contributed by atoms with Crippen LogP contribution in [0.2, 0.25) is 0 Å². The van der Waals surface area contributed by atoms with Gasteiger partial charge in [0.2, 0.25) is 11.9 Å². The highest BCUT2D eigenvalue weighted by molar-refractivity contribution is 5.88. The minimum absolute atomic E-state index is 0.102. The third-order valence-electron chi connectivity index (χ3n) is 6.37.